The molecule has 1 aliphatic heterocycles. The van der Waals surface area contributed by atoms with Crippen molar-refractivity contribution in [3.8, 4) is 0 Å². The summed E-state index contributed by atoms with van der Waals surface area (Å²) >= 11 is 0. The van der Waals surface area contributed by atoms with Crippen molar-refractivity contribution >= 4 is 23.4 Å². The molecule has 0 aliphatic carbocycles. The standard InChI is InChI=1S/C20H16FNO5/c1-20(2)26-18(24)15(19(25)27-20)11-22-16-6-4-3-5-14(16)17(23)12-7-9-13(21)10-8-12/h3-11,22H,1-2H3. The van der Waals surface area contributed by atoms with Crippen molar-refractivity contribution in [2.45, 2.75) is 19.6 Å². The van der Waals surface area contributed by atoms with E-state index in [0.717, 1.165) is 6.20 Å². The minimum Gasteiger partial charge on any atom is -0.419 e. The largest absolute Gasteiger partial charge is 0.419 e. The Balaban J connectivity index is 1.87. The topological polar surface area (TPSA) is 81.7 Å². The van der Waals surface area contributed by atoms with Gasteiger partial charge in [-0.25, -0.2) is 14.0 Å². The number of hydrogen-bond acceptors (Lipinski definition) is 6. The number of ketones is 1. The highest BCUT2D eigenvalue weighted by Crippen LogP contribution is 2.24. The van der Waals surface area contributed by atoms with Gasteiger partial charge in [-0.2, -0.15) is 0 Å². The Morgan fingerprint density at radius 1 is 1.00 bits per heavy atom. The molecule has 1 aliphatic rings. The lowest BCUT2D eigenvalue weighted by atomic mass is 10.0. The van der Waals surface area contributed by atoms with E-state index in [-0.39, 0.29) is 11.4 Å². The van der Waals surface area contributed by atoms with E-state index in [1.165, 1.54) is 38.1 Å². The lowest BCUT2D eigenvalue weighted by Gasteiger charge is -2.29. The van der Waals surface area contributed by atoms with Crippen molar-refractivity contribution in [3.63, 3.8) is 0 Å². The number of benzene rings is 2. The van der Waals surface area contributed by atoms with Gasteiger partial charge in [0.1, 0.15) is 5.82 Å². The van der Waals surface area contributed by atoms with Crippen LogP contribution in [0, 0.1) is 5.82 Å². The number of nitrogens with one attached hydrogen (secondary N) is 1. The maximum absolute atomic E-state index is 13.1. The fraction of sp³-hybridized carbons (Fsp3) is 0.150. The fourth-order valence-electron chi connectivity index (χ4n) is 2.49. The van der Waals surface area contributed by atoms with E-state index in [0.29, 0.717) is 16.8 Å². The molecule has 6 nitrogen and oxygen atoms in total. The number of carbonyl (C=O) groups is 3. The summed E-state index contributed by atoms with van der Waals surface area (Å²) in [5.74, 6) is -3.77. The smallest absolute Gasteiger partial charge is 0.350 e. The van der Waals surface area contributed by atoms with E-state index in [1.807, 2.05) is 0 Å². The van der Waals surface area contributed by atoms with E-state index >= 15 is 0 Å². The number of ether oxygens (including phenoxy) is 2. The molecule has 0 saturated carbocycles. The molecule has 0 radical (unpaired) electrons. The molecule has 0 unspecified atom stereocenters. The first-order chi connectivity index (χ1) is 12.8. The number of cyclic esters (lactones) is 2. The van der Waals surface area contributed by atoms with Gasteiger partial charge in [-0.3, -0.25) is 4.79 Å². The van der Waals surface area contributed by atoms with Crippen LogP contribution >= 0.6 is 0 Å². The molecule has 2 aromatic carbocycles. The van der Waals surface area contributed by atoms with Crippen molar-refractivity contribution in [1.82, 2.24) is 0 Å². The lowest BCUT2D eigenvalue weighted by molar-refractivity contribution is -0.222. The quantitative estimate of drug-likeness (QED) is 0.386. The molecule has 0 atom stereocenters. The summed E-state index contributed by atoms with van der Waals surface area (Å²) in [5, 5.41) is 2.77. The molecular weight excluding hydrogens is 353 g/mol. The average Bonchev–Trinajstić information content (AvgIpc) is 2.60. The fourth-order valence-corrected chi connectivity index (χ4v) is 2.49. The van der Waals surface area contributed by atoms with Crippen molar-refractivity contribution in [1.29, 1.82) is 0 Å². The van der Waals surface area contributed by atoms with Crippen LogP contribution in [0.2, 0.25) is 0 Å². The second kappa shape index (κ2) is 7.03. The number of halogens is 1. The van der Waals surface area contributed by atoms with Gasteiger partial charge in [0.2, 0.25) is 0 Å². The molecule has 7 heteroatoms. The van der Waals surface area contributed by atoms with Crippen LogP contribution in [0.4, 0.5) is 10.1 Å². The zero-order chi connectivity index (χ0) is 19.6. The Kier molecular flexibility index (Phi) is 4.77. The molecule has 0 aromatic heterocycles. The van der Waals surface area contributed by atoms with Crippen molar-refractivity contribution < 1.29 is 28.2 Å². The average molecular weight is 369 g/mol. The van der Waals surface area contributed by atoms with Gasteiger partial charge < -0.3 is 14.8 Å². The molecule has 0 amide bonds. The van der Waals surface area contributed by atoms with Gasteiger partial charge in [-0.05, 0) is 36.4 Å². The number of hydrogen-bond donors (Lipinski definition) is 1. The van der Waals surface area contributed by atoms with E-state index in [4.69, 9.17) is 9.47 Å². The molecule has 1 saturated heterocycles. The summed E-state index contributed by atoms with van der Waals surface area (Å²) in [6, 6.07) is 11.7. The first-order valence-electron chi connectivity index (χ1n) is 8.09. The zero-order valence-electron chi connectivity index (χ0n) is 14.6. The molecule has 27 heavy (non-hydrogen) atoms. The Labute approximate surface area is 154 Å². The Morgan fingerprint density at radius 2 is 1.59 bits per heavy atom. The second-order valence-electron chi connectivity index (χ2n) is 6.26. The summed E-state index contributed by atoms with van der Waals surface area (Å²) in [6.07, 6.45) is 1.14. The predicted molar refractivity (Wildman–Crippen MR) is 94.2 cm³/mol. The van der Waals surface area contributed by atoms with Crippen LogP contribution in [0.1, 0.15) is 29.8 Å². The molecule has 1 fully saturated rings. The summed E-state index contributed by atoms with van der Waals surface area (Å²) in [7, 11) is 0. The number of para-hydroxylation sites is 1. The molecule has 0 bridgehead atoms. The van der Waals surface area contributed by atoms with Crippen LogP contribution in [0.25, 0.3) is 0 Å². The Bertz CT molecular complexity index is 925. The van der Waals surface area contributed by atoms with E-state index in [2.05, 4.69) is 5.32 Å². The Hall–Kier alpha value is -3.48. The summed E-state index contributed by atoms with van der Waals surface area (Å²) in [4.78, 5) is 36.6. The van der Waals surface area contributed by atoms with Crippen LogP contribution in [-0.4, -0.2) is 23.5 Å². The highest BCUT2D eigenvalue weighted by molar-refractivity contribution is 6.16. The molecule has 0 spiro atoms. The normalized spacial score (nSPS) is 15.6. The van der Waals surface area contributed by atoms with Crippen LogP contribution in [0.5, 0.6) is 0 Å². The third-order valence-electron chi connectivity index (χ3n) is 3.77. The van der Waals surface area contributed by atoms with Crippen molar-refractivity contribution in [3.05, 3.63) is 77.2 Å². The van der Waals surface area contributed by atoms with Gasteiger partial charge in [-0.15, -0.1) is 0 Å². The predicted octanol–water partition coefficient (Wildman–Crippen LogP) is 3.19. The first-order valence-corrected chi connectivity index (χ1v) is 8.09. The van der Waals surface area contributed by atoms with Crippen LogP contribution in [0.15, 0.2) is 60.3 Å². The zero-order valence-corrected chi connectivity index (χ0v) is 14.6. The lowest BCUT2D eigenvalue weighted by Crippen LogP contribution is -2.42. The van der Waals surface area contributed by atoms with Gasteiger partial charge in [0.05, 0.1) is 0 Å². The number of rotatable bonds is 4. The Morgan fingerprint density at radius 3 is 2.22 bits per heavy atom. The third kappa shape index (κ3) is 4.03. The number of esters is 2. The van der Waals surface area contributed by atoms with E-state index in [9.17, 15) is 18.8 Å². The van der Waals surface area contributed by atoms with Crippen LogP contribution < -0.4 is 5.32 Å². The van der Waals surface area contributed by atoms with Gasteiger partial charge in [0.25, 0.3) is 5.79 Å². The molecule has 1 heterocycles. The molecule has 3 rings (SSSR count). The summed E-state index contributed by atoms with van der Waals surface area (Å²) in [5.41, 5.74) is 0.637. The van der Waals surface area contributed by atoms with E-state index < -0.39 is 23.5 Å². The summed E-state index contributed by atoms with van der Waals surface area (Å²) < 4.78 is 23.1. The molecule has 2 aromatic rings. The third-order valence-corrected chi connectivity index (χ3v) is 3.77. The maximum atomic E-state index is 13.1. The number of carbonyl (C=O) groups excluding carboxylic acids is 3. The highest BCUT2D eigenvalue weighted by Gasteiger charge is 2.39. The van der Waals surface area contributed by atoms with Gasteiger partial charge >= 0.3 is 11.9 Å². The minimum atomic E-state index is -1.33. The van der Waals surface area contributed by atoms with Crippen molar-refractivity contribution in [2.24, 2.45) is 0 Å². The van der Waals surface area contributed by atoms with E-state index in [1.54, 1.807) is 24.3 Å². The minimum absolute atomic E-state index is 0.291. The van der Waals surface area contributed by atoms with Crippen molar-refractivity contribution in [2.75, 3.05) is 5.32 Å². The van der Waals surface area contributed by atoms with Gasteiger partial charge in [0, 0.05) is 36.9 Å². The van der Waals surface area contributed by atoms with Crippen LogP contribution in [0.3, 0.4) is 0 Å². The highest BCUT2D eigenvalue weighted by atomic mass is 19.1. The summed E-state index contributed by atoms with van der Waals surface area (Å²) in [6.45, 7) is 2.90. The monoisotopic (exact) mass is 369 g/mol. The second-order valence-corrected chi connectivity index (χ2v) is 6.26. The maximum Gasteiger partial charge on any atom is 0.350 e. The first kappa shape index (κ1) is 18.3. The van der Waals surface area contributed by atoms with Crippen LogP contribution in [-0.2, 0) is 19.1 Å². The van der Waals surface area contributed by atoms with Gasteiger partial charge in [0.15, 0.2) is 11.4 Å². The molecule has 1 N–H and O–H groups in total. The SMILES string of the molecule is CC1(C)OC(=O)C(=CNc2ccccc2C(=O)c2ccc(F)cc2)C(=O)O1. The molecule has 138 valence electrons. The number of anilines is 1. The molecular formula is C20H16FNO5. The van der Waals surface area contributed by atoms with Gasteiger partial charge in [-0.1, -0.05) is 12.1 Å².